The van der Waals surface area contributed by atoms with Gasteiger partial charge in [-0.05, 0) is 37.1 Å². The van der Waals surface area contributed by atoms with Gasteiger partial charge in [-0.25, -0.2) is 4.79 Å². The van der Waals surface area contributed by atoms with E-state index in [4.69, 9.17) is 10.2 Å². The zero-order valence-electron chi connectivity index (χ0n) is 12.3. The van der Waals surface area contributed by atoms with Gasteiger partial charge >= 0.3 is 5.97 Å². The molecular formula is C15H23NO5. The van der Waals surface area contributed by atoms with Crippen LogP contribution in [0.25, 0.3) is 0 Å². The Kier molecular flexibility index (Phi) is 11.6. The number of hydrogen-bond donors (Lipinski definition) is 2. The highest BCUT2D eigenvalue weighted by atomic mass is 16.7. The van der Waals surface area contributed by atoms with E-state index in [1.807, 2.05) is 0 Å². The third kappa shape index (κ3) is 11.4. The summed E-state index contributed by atoms with van der Waals surface area (Å²) in [5.74, 6) is -0.912. The van der Waals surface area contributed by atoms with Crippen molar-refractivity contribution in [3.8, 4) is 5.75 Å². The van der Waals surface area contributed by atoms with Crippen LogP contribution in [-0.4, -0.2) is 22.8 Å². The molecule has 6 nitrogen and oxygen atoms in total. The normalized spacial score (nSPS) is 9.38. The number of phenols is 1. The minimum absolute atomic E-state index is 0.0741. The van der Waals surface area contributed by atoms with Gasteiger partial charge in [0.15, 0.2) is 5.34 Å². The highest BCUT2D eigenvalue weighted by Crippen LogP contribution is 2.08. The molecule has 2 N–H and O–H groups in total. The second-order valence-corrected chi connectivity index (χ2v) is 4.53. The van der Waals surface area contributed by atoms with Gasteiger partial charge in [-0.2, -0.15) is 0 Å². The third-order valence-corrected chi connectivity index (χ3v) is 2.76. The first-order chi connectivity index (χ1) is 10.1. The Hall–Kier alpha value is -2.11. The molecule has 0 saturated carbocycles. The SMILES string of the molecule is CCCCCCCCON=O.O=C(O)c1ccc(O)cc1. The van der Waals surface area contributed by atoms with Crippen molar-refractivity contribution in [3.63, 3.8) is 0 Å². The van der Waals surface area contributed by atoms with Crippen molar-refractivity contribution in [3.05, 3.63) is 34.7 Å². The van der Waals surface area contributed by atoms with Gasteiger partial charge in [-0.3, -0.25) is 0 Å². The molecule has 0 amide bonds. The summed E-state index contributed by atoms with van der Waals surface area (Å²) in [6, 6.07) is 5.36. The lowest BCUT2D eigenvalue weighted by atomic mass is 10.1. The molecule has 0 aliphatic heterocycles. The average Bonchev–Trinajstić information content (AvgIpc) is 2.47. The van der Waals surface area contributed by atoms with Crippen molar-refractivity contribution in [2.75, 3.05) is 6.61 Å². The lowest BCUT2D eigenvalue weighted by Gasteiger charge is -1.97. The topological polar surface area (TPSA) is 96.2 Å². The van der Waals surface area contributed by atoms with E-state index in [0.29, 0.717) is 6.61 Å². The van der Waals surface area contributed by atoms with Crippen LogP contribution in [0.3, 0.4) is 0 Å². The Labute approximate surface area is 124 Å². The number of hydrogen-bond acceptors (Lipinski definition) is 5. The monoisotopic (exact) mass is 297 g/mol. The highest BCUT2D eigenvalue weighted by Gasteiger charge is 1.99. The van der Waals surface area contributed by atoms with E-state index in [1.165, 1.54) is 49.9 Å². The molecule has 6 heteroatoms. The van der Waals surface area contributed by atoms with Gasteiger partial charge in [-0.1, -0.05) is 32.6 Å². The minimum Gasteiger partial charge on any atom is -0.508 e. The maximum atomic E-state index is 10.2. The lowest BCUT2D eigenvalue weighted by molar-refractivity contribution is 0.0697. The zero-order valence-corrected chi connectivity index (χ0v) is 12.3. The summed E-state index contributed by atoms with van der Waals surface area (Å²) in [6.45, 7) is 2.68. The van der Waals surface area contributed by atoms with Crippen molar-refractivity contribution in [1.29, 1.82) is 0 Å². The summed E-state index contributed by atoms with van der Waals surface area (Å²) in [4.78, 5) is 24.0. The fourth-order valence-corrected chi connectivity index (χ4v) is 1.59. The number of aromatic carboxylic acids is 1. The van der Waals surface area contributed by atoms with Crippen LogP contribution in [0.2, 0.25) is 0 Å². The molecule has 0 spiro atoms. The molecule has 0 saturated heterocycles. The molecule has 0 unspecified atom stereocenters. The van der Waals surface area contributed by atoms with E-state index >= 15 is 0 Å². The van der Waals surface area contributed by atoms with Gasteiger partial charge in [0.2, 0.25) is 0 Å². The number of carboxylic acids is 1. The molecule has 0 aliphatic carbocycles. The number of carbonyl (C=O) groups is 1. The van der Waals surface area contributed by atoms with E-state index in [9.17, 15) is 9.70 Å². The molecule has 0 fully saturated rings. The molecule has 1 aromatic rings. The fourth-order valence-electron chi connectivity index (χ4n) is 1.59. The second kappa shape index (κ2) is 12.9. The smallest absolute Gasteiger partial charge is 0.335 e. The molecule has 0 radical (unpaired) electrons. The van der Waals surface area contributed by atoms with Crippen LogP contribution in [0.1, 0.15) is 55.8 Å². The van der Waals surface area contributed by atoms with Gasteiger partial charge in [-0.15, -0.1) is 4.91 Å². The van der Waals surface area contributed by atoms with Crippen molar-refractivity contribution >= 4 is 5.97 Å². The molecule has 0 atom stereocenters. The van der Waals surface area contributed by atoms with E-state index in [1.54, 1.807) is 0 Å². The molecule has 0 aromatic heterocycles. The molecule has 118 valence electrons. The Bertz CT molecular complexity index is 392. The fraction of sp³-hybridized carbons (Fsp3) is 0.533. The number of unbranched alkanes of at least 4 members (excludes halogenated alkanes) is 5. The first-order valence-electron chi connectivity index (χ1n) is 7.08. The van der Waals surface area contributed by atoms with Crippen molar-refractivity contribution < 1.29 is 19.8 Å². The minimum atomic E-state index is -0.986. The van der Waals surface area contributed by atoms with Gasteiger partial charge in [0.25, 0.3) is 0 Å². The number of benzene rings is 1. The van der Waals surface area contributed by atoms with Gasteiger partial charge in [0, 0.05) is 0 Å². The first kappa shape index (κ1) is 18.9. The Morgan fingerprint density at radius 1 is 1.10 bits per heavy atom. The van der Waals surface area contributed by atoms with Crippen LogP contribution in [0, 0.1) is 4.91 Å². The van der Waals surface area contributed by atoms with Crippen molar-refractivity contribution in [2.45, 2.75) is 45.4 Å². The molecular weight excluding hydrogens is 274 g/mol. The summed E-state index contributed by atoms with van der Waals surface area (Å²) in [7, 11) is 0. The van der Waals surface area contributed by atoms with E-state index in [0.717, 1.165) is 12.8 Å². The van der Waals surface area contributed by atoms with Gasteiger partial charge < -0.3 is 15.1 Å². The predicted molar refractivity (Wildman–Crippen MR) is 80.2 cm³/mol. The maximum absolute atomic E-state index is 10.2. The van der Waals surface area contributed by atoms with Crippen LogP contribution in [0.15, 0.2) is 29.6 Å². The Morgan fingerprint density at radius 3 is 2.19 bits per heavy atom. The molecule has 0 aliphatic rings. The molecule has 0 bridgehead atoms. The molecule has 0 heterocycles. The lowest BCUT2D eigenvalue weighted by Crippen LogP contribution is -1.93. The van der Waals surface area contributed by atoms with Crippen molar-refractivity contribution in [2.24, 2.45) is 5.34 Å². The van der Waals surface area contributed by atoms with Crippen LogP contribution in [0.4, 0.5) is 0 Å². The maximum Gasteiger partial charge on any atom is 0.335 e. The van der Waals surface area contributed by atoms with Crippen LogP contribution >= 0.6 is 0 Å². The van der Waals surface area contributed by atoms with E-state index < -0.39 is 5.97 Å². The Balaban J connectivity index is 0.000000382. The summed E-state index contributed by atoms with van der Waals surface area (Å²) < 4.78 is 0. The number of nitrogens with zero attached hydrogens (tertiary/aromatic N) is 1. The average molecular weight is 297 g/mol. The van der Waals surface area contributed by atoms with Gasteiger partial charge in [0.1, 0.15) is 12.4 Å². The van der Waals surface area contributed by atoms with E-state index in [2.05, 4.69) is 17.1 Å². The van der Waals surface area contributed by atoms with Crippen molar-refractivity contribution in [1.82, 2.24) is 0 Å². The largest absolute Gasteiger partial charge is 0.508 e. The number of rotatable bonds is 9. The standard InChI is InChI=1S/C8H17NO2.C7H6O3/c1-2-3-4-5-6-7-8-11-9-10;8-6-3-1-5(2-4-6)7(9)10/h2-8H2,1H3;1-4,8H,(H,9,10). The quantitative estimate of drug-likeness (QED) is 0.406. The molecule has 1 aromatic carbocycles. The summed E-state index contributed by atoms with van der Waals surface area (Å²) >= 11 is 0. The third-order valence-electron chi connectivity index (χ3n) is 2.76. The summed E-state index contributed by atoms with van der Waals surface area (Å²) in [6.07, 6.45) is 7.23. The predicted octanol–water partition coefficient (Wildman–Crippen LogP) is 4.14. The molecule has 21 heavy (non-hydrogen) atoms. The molecule has 1 rings (SSSR count). The van der Waals surface area contributed by atoms with E-state index in [-0.39, 0.29) is 11.3 Å². The van der Waals surface area contributed by atoms with Crippen LogP contribution in [0.5, 0.6) is 5.75 Å². The Morgan fingerprint density at radius 2 is 1.67 bits per heavy atom. The summed E-state index contributed by atoms with van der Waals surface area (Å²) in [5.41, 5.74) is 0.179. The van der Waals surface area contributed by atoms with Crippen LogP contribution < -0.4 is 0 Å². The highest BCUT2D eigenvalue weighted by molar-refractivity contribution is 5.87. The second-order valence-electron chi connectivity index (χ2n) is 4.53. The van der Waals surface area contributed by atoms with Gasteiger partial charge in [0.05, 0.1) is 5.56 Å². The number of aromatic hydroxyl groups is 1. The first-order valence-corrected chi connectivity index (χ1v) is 7.08. The summed E-state index contributed by atoms with van der Waals surface area (Å²) in [5, 5.41) is 19.5. The van der Waals surface area contributed by atoms with Crippen LogP contribution in [-0.2, 0) is 4.84 Å². The number of phenolic OH excluding ortho intramolecular Hbond substituents is 1. The zero-order chi connectivity index (χ0) is 15.9. The number of carboxylic acid groups (broad SMARTS) is 1.